The van der Waals surface area contributed by atoms with Crippen molar-refractivity contribution in [2.45, 2.75) is 19.3 Å². The van der Waals surface area contributed by atoms with Gasteiger partial charge in [-0.2, -0.15) is 0 Å². The van der Waals surface area contributed by atoms with Crippen LogP contribution < -0.4 is 0 Å². The van der Waals surface area contributed by atoms with Crippen molar-refractivity contribution in [3.8, 4) is 0 Å². The molecule has 0 bridgehead atoms. The standard InChI is InChI=1S/C15H14/c1-2-15(13-9-5-3-6-10-13)14-11-7-4-8-12-14/h3-7,9-10,12,15H,2H2,1H3. The van der Waals surface area contributed by atoms with Crippen LogP contribution in [0.3, 0.4) is 0 Å². The van der Waals surface area contributed by atoms with Crippen LogP contribution in [0.4, 0.5) is 0 Å². The highest BCUT2D eigenvalue weighted by Gasteiger charge is 2.10. The van der Waals surface area contributed by atoms with Gasteiger partial charge in [-0.25, -0.2) is 0 Å². The summed E-state index contributed by atoms with van der Waals surface area (Å²) < 4.78 is 0. The van der Waals surface area contributed by atoms with E-state index in [2.05, 4.69) is 49.4 Å². The Morgan fingerprint density at radius 3 is 2.53 bits per heavy atom. The molecule has 0 spiro atoms. The van der Waals surface area contributed by atoms with E-state index in [4.69, 9.17) is 0 Å². The van der Waals surface area contributed by atoms with Gasteiger partial charge in [0.05, 0.1) is 0 Å². The molecule has 0 aliphatic carbocycles. The molecule has 2 rings (SSSR count). The van der Waals surface area contributed by atoms with Gasteiger partial charge >= 0.3 is 0 Å². The Morgan fingerprint density at radius 1 is 1.13 bits per heavy atom. The molecule has 1 unspecified atom stereocenters. The molecule has 0 aliphatic rings. The number of rotatable bonds is 3. The fourth-order valence-corrected chi connectivity index (χ4v) is 1.89. The molecule has 0 amide bonds. The van der Waals surface area contributed by atoms with E-state index < -0.39 is 0 Å². The van der Waals surface area contributed by atoms with Gasteiger partial charge in [0.25, 0.3) is 0 Å². The molecule has 0 nitrogen and oxygen atoms in total. The van der Waals surface area contributed by atoms with Crippen molar-refractivity contribution < 1.29 is 0 Å². The van der Waals surface area contributed by atoms with Gasteiger partial charge in [0.1, 0.15) is 0 Å². The molecule has 2 aromatic rings. The molecule has 0 saturated heterocycles. The summed E-state index contributed by atoms with van der Waals surface area (Å²) in [7, 11) is 0. The second-order valence-electron chi connectivity index (χ2n) is 3.62. The first kappa shape index (κ1) is 9.97. The Bertz CT molecular complexity index is 349. The topological polar surface area (TPSA) is 0 Å². The van der Waals surface area contributed by atoms with Crippen LogP contribution in [-0.4, -0.2) is 0 Å². The van der Waals surface area contributed by atoms with E-state index in [1.807, 2.05) is 18.2 Å². The fraction of sp³-hybridized carbons (Fsp3) is 0.200. The van der Waals surface area contributed by atoms with Crippen LogP contribution in [0.2, 0.25) is 0 Å². The van der Waals surface area contributed by atoms with Crippen molar-refractivity contribution >= 4 is 0 Å². The Labute approximate surface area is 91.6 Å². The molecule has 0 N–H and O–H groups in total. The van der Waals surface area contributed by atoms with Gasteiger partial charge in [0.15, 0.2) is 0 Å². The van der Waals surface area contributed by atoms with E-state index in [1.165, 1.54) is 11.1 Å². The van der Waals surface area contributed by atoms with Crippen LogP contribution in [0, 0.1) is 12.1 Å². The maximum Gasteiger partial charge on any atom is 0.00930 e. The smallest absolute Gasteiger partial charge is 0.00930 e. The largest absolute Gasteiger partial charge is 0.0645 e. The van der Waals surface area contributed by atoms with E-state index >= 15 is 0 Å². The van der Waals surface area contributed by atoms with Crippen molar-refractivity contribution in [3.05, 3.63) is 71.8 Å². The molecule has 0 heteroatoms. The summed E-state index contributed by atoms with van der Waals surface area (Å²) in [4.78, 5) is 0. The lowest BCUT2D eigenvalue weighted by molar-refractivity contribution is 0.776. The minimum absolute atomic E-state index is 0.448. The quantitative estimate of drug-likeness (QED) is 0.696. The lowest BCUT2D eigenvalue weighted by Crippen LogP contribution is -1.99. The van der Waals surface area contributed by atoms with Crippen LogP contribution in [0.1, 0.15) is 30.4 Å². The van der Waals surface area contributed by atoms with E-state index in [1.54, 1.807) is 0 Å². The Kier molecular flexibility index (Phi) is 3.18. The van der Waals surface area contributed by atoms with Crippen molar-refractivity contribution in [3.63, 3.8) is 0 Å². The van der Waals surface area contributed by atoms with E-state index in [0.29, 0.717) is 5.92 Å². The van der Waals surface area contributed by atoms with E-state index in [0.717, 1.165) is 6.42 Å². The van der Waals surface area contributed by atoms with Gasteiger partial charge in [0.2, 0.25) is 0 Å². The molecule has 0 fully saturated rings. The van der Waals surface area contributed by atoms with Gasteiger partial charge in [-0.1, -0.05) is 49.4 Å². The minimum atomic E-state index is 0.448. The van der Waals surface area contributed by atoms with Gasteiger partial charge in [-0.3, -0.25) is 0 Å². The third-order valence-corrected chi connectivity index (χ3v) is 2.65. The second-order valence-corrected chi connectivity index (χ2v) is 3.62. The maximum absolute atomic E-state index is 3.29. The number of hydrogen-bond acceptors (Lipinski definition) is 0. The highest BCUT2D eigenvalue weighted by molar-refractivity contribution is 5.30. The zero-order chi connectivity index (χ0) is 10.5. The summed E-state index contributed by atoms with van der Waals surface area (Å²) in [6.07, 6.45) is 1.10. The number of benzene rings is 2. The van der Waals surface area contributed by atoms with Gasteiger partial charge in [0, 0.05) is 5.92 Å². The average molecular weight is 194 g/mol. The lowest BCUT2D eigenvalue weighted by atomic mass is 9.89. The van der Waals surface area contributed by atoms with Gasteiger partial charge in [-0.05, 0) is 35.7 Å². The normalized spacial score (nSPS) is 10.5. The zero-order valence-electron chi connectivity index (χ0n) is 8.90. The SMILES string of the molecule is CCC(c1[c]cc[c]c1)c1ccccc1. The molecular formula is C15H14. The highest BCUT2D eigenvalue weighted by Crippen LogP contribution is 2.26. The van der Waals surface area contributed by atoms with E-state index in [-0.39, 0.29) is 0 Å². The van der Waals surface area contributed by atoms with Crippen LogP contribution >= 0.6 is 0 Å². The Hall–Kier alpha value is -1.56. The second kappa shape index (κ2) is 4.79. The first-order valence-electron chi connectivity index (χ1n) is 5.34. The Balaban J connectivity index is 2.34. The summed E-state index contributed by atoms with van der Waals surface area (Å²) in [6, 6.07) is 22.8. The van der Waals surface area contributed by atoms with Crippen molar-refractivity contribution in [1.82, 2.24) is 0 Å². The summed E-state index contributed by atoms with van der Waals surface area (Å²) in [6.45, 7) is 2.21. The third kappa shape index (κ3) is 2.27. The summed E-state index contributed by atoms with van der Waals surface area (Å²) >= 11 is 0. The first-order chi connectivity index (χ1) is 7.42. The molecular weight excluding hydrogens is 180 g/mol. The van der Waals surface area contributed by atoms with Crippen molar-refractivity contribution in [1.29, 1.82) is 0 Å². The molecule has 15 heavy (non-hydrogen) atoms. The van der Waals surface area contributed by atoms with Crippen LogP contribution in [0.25, 0.3) is 0 Å². The van der Waals surface area contributed by atoms with Crippen molar-refractivity contribution in [2.75, 3.05) is 0 Å². The molecule has 0 saturated carbocycles. The van der Waals surface area contributed by atoms with Crippen LogP contribution in [0.5, 0.6) is 0 Å². The highest BCUT2D eigenvalue weighted by atomic mass is 14.1. The molecule has 2 aromatic carbocycles. The van der Waals surface area contributed by atoms with Gasteiger partial charge < -0.3 is 0 Å². The minimum Gasteiger partial charge on any atom is -0.0645 e. The summed E-state index contributed by atoms with van der Waals surface area (Å²) in [5, 5.41) is 0. The van der Waals surface area contributed by atoms with Crippen LogP contribution in [-0.2, 0) is 0 Å². The summed E-state index contributed by atoms with van der Waals surface area (Å²) in [5.74, 6) is 0.448. The predicted molar refractivity (Wildman–Crippen MR) is 62.7 cm³/mol. The maximum atomic E-state index is 3.29. The lowest BCUT2D eigenvalue weighted by Gasteiger charge is -2.15. The molecule has 0 aromatic heterocycles. The fourth-order valence-electron chi connectivity index (χ4n) is 1.89. The molecule has 0 heterocycles. The zero-order valence-corrected chi connectivity index (χ0v) is 8.90. The monoisotopic (exact) mass is 194 g/mol. The van der Waals surface area contributed by atoms with Crippen molar-refractivity contribution in [2.24, 2.45) is 0 Å². The molecule has 1 atom stereocenters. The summed E-state index contributed by atoms with van der Waals surface area (Å²) in [5.41, 5.74) is 2.59. The number of hydrogen-bond donors (Lipinski definition) is 0. The molecule has 74 valence electrons. The first-order valence-corrected chi connectivity index (χ1v) is 5.34. The Morgan fingerprint density at radius 2 is 1.93 bits per heavy atom. The van der Waals surface area contributed by atoms with Gasteiger partial charge in [-0.15, -0.1) is 0 Å². The third-order valence-electron chi connectivity index (χ3n) is 2.65. The van der Waals surface area contributed by atoms with E-state index in [9.17, 15) is 0 Å². The predicted octanol–water partition coefficient (Wildman–Crippen LogP) is 3.83. The molecule has 0 aliphatic heterocycles. The van der Waals surface area contributed by atoms with Crippen LogP contribution in [0.15, 0.2) is 48.5 Å². The molecule has 2 radical (unpaired) electrons. The average Bonchev–Trinajstić information content (AvgIpc) is 2.33.